The van der Waals surface area contributed by atoms with Gasteiger partial charge in [0.15, 0.2) is 6.61 Å². The number of benzene rings is 1. The molecule has 1 heterocycles. The summed E-state index contributed by atoms with van der Waals surface area (Å²) in [5, 5.41) is 0. The molecule has 1 aromatic carbocycles. The summed E-state index contributed by atoms with van der Waals surface area (Å²) in [6, 6.07) is 6.54. The van der Waals surface area contributed by atoms with Crippen LogP contribution in [-0.4, -0.2) is 47.9 Å². The molecule has 0 bridgehead atoms. The number of nitrogens with zero attached hydrogens (tertiary/aromatic N) is 1. The smallest absolute Gasteiger partial charge is 0.344 e. The molecule has 1 fully saturated rings. The van der Waals surface area contributed by atoms with Gasteiger partial charge in [0.2, 0.25) is 0 Å². The molecule has 30 heavy (non-hydrogen) atoms. The molecule has 0 aromatic heterocycles. The lowest BCUT2D eigenvalue weighted by atomic mass is 9.75. The third-order valence-electron chi connectivity index (χ3n) is 6.01. The zero-order valence-electron chi connectivity index (χ0n) is 17.8. The van der Waals surface area contributed by atoms with Crippen LogP contribution in [0.3, 0.4) is 0 Å². The van der Waals surface area contributed by atoms with E-state index in [4.69, 9.17) is 9.47 Å². The molecule has 7 heteroatoms. The molecule has 3 unspecified atom stereocenters. The van der Waals surface area contributed by atoms with Gasteiger partial charge in [-0.1, -0.05) is 39.3 Å². The van der Waals surface area contributed by atoms with Crippen LogP contribution >= 0.6 is 0 Å². The van der Waals surface area contributed by atoms with Crippen molar-refractivity contribution in [1.29, 1.82) is 0 Å². The van der Waals surface area contributed by atoms with Crippen LogP contribution in [0.25, 0.3) is 0 Å². The van der Waals surface area contributed by atoms with Crippen molar-refractivity contribution >= 4 is 23.8 Å². The lowest BCUT2D eigenvalue weighted by Crippen LogP contribution is -2.37. The molecule has 3 rings (SSSR count). The van der Waals surface area contributed by atoms with Crippen molar-refractivity contribution in [2.45, 2.75) is 52.6 Å². The molecule has 0 saturated heterocycles. The first-order valence-electron chi connectivity index (χ1n) is 10.6. The SMILES string of the molecule is CC1CCC(C(C)C)C(OC(=O)COC(=O)CCN2C(=O)c3ccccc3C2=O)C1. The summed E-state index contributed by atoms with van der Waals surface area (Å²) in [6.07, 6.45) is 2.65. The van der Waals surface area contributed by atoms with Crippen molar-refractivity contribution in [2.24, 2.45) is 17.8 Å². The third-order valence-corrected chi connectivity index (χ3v) is 6.01. The van der Waals surface area contributed by atoms with Crippen molar-refractivity contribution in [1.82, 2.24) is 4.90 Å². The molecule has 0 radical (unpaired) electrons. The number of rotatable bonds is 7. The van der Waals surface area contributed by atoms with Gasteiger partial charge in [0, 0.05) is 6.54 Å². The largest absolute Gasteiger partial charge is 0.460 e. The van der Waals surface area contributed by atoms with E-state index in [0.29, 0.717) is 28.9 Å². The van der Waals surface area contributed by atoms with Crippen LogP contribution in [0.5, 0.6) is 0 Å². The van der Waals surface area contributed by atoms with Gasteiger partial charge in [0.05, 0.1) is 17.5 Å². The highest BCUT2D eigenvalue weighted by molar-refractivity contribution is 6.21. The highest BCUT2D eigenvalue weighted by Gasteiger charge is 2.36. The lowest BCUT2D eigenvalue weighted by Gasteiger charge is -2.36. The number of esters is 2. The Kier molecular flexibility index (Phi) is 6.90. The molecule has 2 aliphatic rings. The molecular weight excluding hydrogens is 386 g/mol. The number of imide groups is 1. The molecule has 7 nitrogen and oxygen atoms in total. The Morgan fingerprint density at radius 3 is 2.30 bits per heavy atom. The first-order valence-corrected chi connectivity index (χ1v) is 10.6. The third kappa shape index (κ3) is 4.89. The molecule has 162 valence electrons. The monoisotopic (exact) mass is 415 g/mol. The Morgan fingerprint density at radius 1 is 1.07 bits per heavy atom. The average molecular weight is 415 g/mol. The maximum atomic E-state index is 12.3. The van der Waals surface area contributed by atoms with Gasteiger partial charge in [-0.3, -0.25) is 19.3 Å². The highest BCUT2D eigenvalue weighted by atomic mass is 16.6. The second-order valence-corrected chi connectivity index (χ2v) is 8.57. The van der Waals surface area contributed by atoms with E-state index in [-0.39, 0.29) is 19.1 Å². The van der Waals surface area contributed by atoms with E-state index in [2.05, 4.69) is 20.8 Å². The Balaban J connectivity index is 1.44. The van der Waals surface area contributed by atoms with E-state index in [9.17, 15) is 19.2 Å². The Morgan fingerprint density at radius 2 is 1.70 bits per heavy atom. The zero-order chi connectivity index (χ0) is 21.8. The van der Waals surface area contributed by atoms with E-state index in [1.807, 2.05) is 0 Å². The summed E-state index contributed by atoms with van der Waals surface area (Å²) in [5.41, 5.74) is 0.668. The summed E-state index contributed by atoms with van der Waals surface area (Å²) in [6.45, 7) is 5.85. The van der Waals surface area contributed by atoms with E-state index in [0.717, 1.165) is 24.2 Å². The van der Waals surface area contributed by atoms with Crippen LogP contribution in [0, 0.1) is 17.8 Å². The van der Waals surface area contributed by atoms with Gasteiger partial charge in [0.25, 0.3) is 11.8 Å². The van der Waals surface area contributed by atoms with Crippen LogP contribution in [0.15, 0.2) is 24.3 Å². The second-order valence-electron chi connectivity index (χ2n) is 8.57. The summed E-state index contributed by atoms with van der Waals surface area (Å²) in [4.78, 5) is 49.8. The summed E-state index contributed by atoms with van der Waals surface area (Å²) < 4.78 is 10.6. The molecule has 3 atom stereocenters. The van der Waals surface area contributed by atoms with Crippen molar-refractivity contribution in [3.63, 3.8) is 0 Å². The average Bonchev–Trinajstić information content (AvgIpc) is 2.95. The van der Waals surface area contributed by atoms with E-state index >= 15 is 0 Å². The maximum Gasteiger partial charge on any atom is 0.344 e. The Bertz CT molecular complexity index is 798. The fourth-order valence-corrected chi connectivity index (χ4v) is 4.31. The van der Waals surface area contributed by atoms with Crippen molar-refractivity contribution in [3.05, 3.63) is 35.4 Å². The molecule has 0 spiro atoms. The fraction of sp³-hybridized carbons (Fsp3) is 0.565. The number of carbonyl (C=O) groups excluding carboxylic acids is 4. The number of carbonyl (C=O) groups is 4. The molecule has 1 aromatic rings. The van der Waals surface area contributed by atoms with Crippen molar-refractivity contribution < 1.29 is 28.7 Å². The molecule has 0 N–H and O–H groups in total. The fourth-order valence-electron chi connectivity index (χ4n) is 4.31. The van der Waals surface area contributed by atoms with Gasteiger partial charge in [-0.2, -0.15) is 0 Å². The highest BCUT2D eigenvalue weighted by Crippen LogP contribution is 2.35. The standard InChI is InChI=1S/C23H29NO6/c1-14(2)16-9-8-15(3)12-19(16)30-21(26)13-29-20(25)10-11-24-22(27)17-6-4-5-7-18(17)23(24)28/h4-7,14-16,19H,8-13H2,1-3H3. The van der Waals surface area contributed by atoms with Crippen LogP contribution in [0.4, 0.5) is 0 Å². The summed E-state index contributed by atoms with van der Waals surface area (Å²) in [5.74, 6) is -0.829. The minimum Gasteiger partial charge on any atom is -0.460 e. The number of hydrogen-bond donors (Lipinski definition) is 0. The van der Waals surface area contributed by atoms with Gasteiger partial charge < -0.3 is 9.47 Å². The molecule has 1 saturated carbocycles. The van der Waals surface area contributed by atoms with Crippen LogP contribution < -0.4 is 0 Å². The topological polar surface area (TPSA) is 90.0 Å². The normalized spacial score (nSPS) is 23.5. The van der Waals surface area contributed by atoms with E-state index in [1.165, 1.54) is 0 Å². The van der Waals surface area contributed by atoms with Gasteiger partial charge >= 0.3 is 11.9 Å². The predicted octanol–water partition coefficient (Wildman–Crippen LogP) is 3.22. The van der Waals surface area contributed by atoms with Crippen LogP contribution in [0.2, 0.25) is 0 Å². The minimum atomic E-state index is -0.652. The maximum absolute atomic E-state index is 12.3. The summed E-state index contributed by atoms with van der Waals surface area (Å²) >= 11 is 0. The van der Waals surface area contributed by atoms with E-state index < -0.39 is 30.4 Å². The van der Waals surface area contributed by atoms with Crippen LogP contribution in [-0.2, 0) is 19.1 Å². The number of fused-ring (bicyclic) bond motifs is 1. The quantitative estimate of drug-likeness (QED) is 0.502. The lowest BCUT2D eigenvalue weighted by molar-refractivity contribution is -0.167. The Labute approximate surface area is 176 Å². The first kappa shape index (κ1) is 22.0. The number of hydrogen-bond acceptors (Lipinski definition) is 6. The molecule has 2 amide bonds. The molecular formula is C23H29NO6. The van der Waals surface area contributed by atoms with Crippen molar-refractivity contribution in [3.8, 4) is 0 Å². The van der Waals surface area contributed by atoms with Crippen molar-refractivity contribution in [2.75, 3.05) is 13.2 Å². The first-order chi connectivity index (χ1) is 14.3. The van der Waals surface area contributed by atoms with E-state index in [1.54, 1.807) is 24.3 Å². The number of amides is 2. The van der Waals surface area contributed by atoms with Crippen LogP contribution in [0.1, 0.15) is 67.2 Å². The molecule has 1 aliphatic carbocycles. The zero-order valence-corrected chi connectivity index (χ0v) is 17.8. The predicted molar refractivity (Wildman–Crippen MR) is 109 cm³/mol. The Hall–Kier alpha value is -2.70. The van der Waals surface area contributed by atoms with Gasteiger partial charge in [-0.25, -0.2) is 4.79 Å². The number of ether oxygens (including phenoxy) is 2. The molecule has 1 aliphatic heterocycles. The van der Waals surface area contributed by atoms with Gasteiger partial charge in [-0.05, 0) is 42.7 Å². The van der Waals surface area contributed by atoms with Gasteiger partial charge in [-0.15, -0.1) is 0 Å². The van der Waals surface area contributed by atoms with Gasteiger partial charge in [0.1, 0.15) is 6.10 Å². The summed E-state index contributed by atoms with van der Waals surface area (Å²) in [7, 11) is 0. The second kappa shape index (κ2) is 9.41. The minimum absolute atomic E-state index is 0.0875.